The first-order valence-electron chi connectivity index (χ1n) is 6.62. The molecule has 1 aromatic heterocycles. The van der Waals surface area contributed by atoms with Gasteiger partial charge in [-0.1, -0.05) is 11.6 Å². The van der Waals surface area contributed by atoms with Crippen molar-refractivity contribution in [2.75, 3.05) is 6.61 Å². The van der Waals surface area contributed by atoms with E-state index in [4.69, 9.17) is 21.1 Å². The molecule has 3 rings (SSSR count). The second-order valence-corrected chi connectivity index (χ2v) is 5.11. The minimum Gasteiger partial charge on any atom is -0.493 e. The highest BCUT2D eigenvalue weighted by Crippen LogP contribution is 2.39. The van der Waals surface area contributed by atoms with E-state index in [-0.39, 0.29) is 6.10 Å². The van der Waals surface area contributed by atoms with Crippen LogP contribution in [0.25, 0.3) is 11.4 Å². The number of ether oxygens (including phenoxy) is 2. The average molecular weight is 291 g/mol. The number of benzene rings is 1. The van der Waals surface area contributed by atoms with Crippen molar-refractivity contribution < 1.29 is 9.47 Å². The molecule has 0 radical (unpaired) electrons. The summed E-state index contributed by atoms with van der Waals surface area (Å²) >= 11 is 5.94. The molecular formula is C15H15ClN2O2. The maximum absolute atomic E-state index is 5.94. The number of hydrogen-bond donors (Lipinski definition) is 0. The minimum absolute atomic E-state index is 0.190. The van der Waals surface area contributed by atoms with Crippen molar-refractivity contribution in [2.45, 2.75) is 26.4 Å². The summed E-state index contributed by atoms with van der Waals surface area (Å²) in [6.07, 6.45) is 2.72. The van der Waals surface area contributed by atoms with Crippen molar-refractivity contribution in [3.63, 3.8) is 0 Å². The van der Waals surface area contributed by atoms with Gasteiger partial charge in [-0.15, -0.1) is 0 Å². The van der Waals surface area contributed by atoms with Crippen LogP contribution in [-0.2, 0) is 6.42 Å². The topological polar surface area (TPSA) is 44.2 Å². The molecule has 0 fully saturated rings. The third-order valence-corrected chi connectivity index (χ3v) is 3.37. The van der Waals surface area contributed by atoms with Crippen molar-refractivity contribution in [3.8, 4) is 22.9 Å². The van der Waals surface area contributed by atoms with Crippen LogP contribution >= 0.6 is 11.6 Å². The van der Waals surface area contributed by atoms with Crippen LogP contribution < -0.4 is 9.47 Å². The molecule has 0 spiro atoms. The van der Waals surface area contributed by atoms with Gasteiger partial charge in [-0.25, -0.2) is 9.97 Å². The van der Waals surface area contributed by atoms with Gasteiger partial charge in [0.05, 0.1) is 12.2 Å². The molecule has 2 aromatic rings. The molecule has 1 unspecified atom stereocenters. The van der Waals surface area contributed by atoms with Crippen molar-refractivity contribution in [2.24, 2.45) is 0 Å². The number of nitrogens with zero attached hydrogens (tertiary/aromatic N) is 2. The third kappa shape index (κ3) is 2.43. The Labute approximate surface area is 122 Å². The molecule has 0 saturated carbocycles. The van der Waals surface area contributed by atoms with Gasteiger partial charge in [0.2, 0.25) is 0 Å². The molecule has 0 amide bonds. The molecule has 2 heterocycles. The SMILES string of the molecule is CCOc1cc2c(cc1-c1nccc(Cl)n1)OC(C)C2. The molecule has 104 valence electrons. The molecule has 0 N–H and O–H groups in total. The van der Waals surface area contributed by atoms with Gasteiger partial charge in [-0.3, -0.25) is 0 Å². The lowest BCUT2D eigenvalue weighted by Gasteiger charge is -2.11. The van der Waals surface area contributed by atoms with E-state index in [1.807, 2.05) is 19.1 Å². The first-order valence-corrected chi connectivity index (χ1v) is 7.00. The van der Waals surface area contributed by atoms with Crippen molar-refractivity contribution >= 4 is 11.6 Å². The zero-order valence-corrected chi connectivity index (χ0v) is 12.1. The monoisotopic (exact) mass is 290 g/mol. The minimum atomic E-state index is 0.190. The van der Waals surface area contributed by atoms with Gasteiger partial charge in [-0.2, -0.15) is 0 Å². The highest BCUT2D eigenvalue weighted by Gasteiger charge is 2.23. The van der Waals surface area contributed by atoms with Crippen molar-refractivity contribution in [1.29, 1.82) is 0 Å². The summed E-state index contributed by atoms with van der Waals surface area (Å²) in [6.45, 7) is 4.59. The Morgan fingerprint density at radius 1 is 1.45 bits per heavy atom. The van der Waals surface area contributed by atoms with Crippen molar-refractivity contribution in [3.05, 3.63) is 35.1 Å². The Morgan fingerprint density at radius 2 is 2.30 bits per heavy atom. The van der Waals surface area contributed by atoms with Crippen LogP contribution in [0.4, 0.5) is 0 Å². The fourth-order valence-corrected chi connectivity index (χ4v) is 2.49. The van der Waals surface area contributed by atoms with Gasteiger partial charge in [0.25, 0.3) is 0 Å². The van der Waals surface area contributed by atoms with E-state index in [2.05, 4.69) is 16.9 Å². The summed E-state index contributed by atoms with van der Waals surface area (Å²) in [5.41, 5.74) is 1.97. The Kier molecular flexibility index (Phi) is 3.49. The lowest BCUT2D eigenvalue weighted by molar-refractivity contribution is 0.254. The molecule has 0 bridgehead atoms. The molecule has 0 aliphatic carbocycles. The predicted octanol–water partition coefficient (Wildman–Crippen LogP) is 3.52. The molecular weight excluding hydrogens is 276 g/mol. The molecule has 0 saturated heterocycles. The standard InChI is InChI=1S/C15H15ClN2O2/c1-3-19-13-7-10-6-9(2)20-12(10)8-11(13)15-17-5-4-14(16)18-15/h4-5,7-9H,3,6H2,1-2H3. The molecule has 4 nitrogen and oxygen atoms in total. The van der Waals surface area contributed by atoms with E-state index in [0.29, 0.717) is 17.6 Å². The van der Waals surface area contributed by atoms with Gasteiger partial charge < -0.3 is 9.47 Å². The first kappa shape index (κ1) is 13.2. The van der Waals surface area contributed by atoms with Gasteiger partial charge in [-0.05, 0) is 32.0 Å². The summed E-state index contributed by atoms with van der Waals surface area (Å²) in [6, 6.07) is 5.61. The zero-order chi connectivity index (χ0) is 14.1. The van der Waals surface area contributed by atoms with E-state index in [9.17, 15) is 0 Å². The van der Waals surface area contributed by atoms with E-state index in [0.717, 1.165) is 29.0 Å². The summed E-state index contributed by atoms with van der Waals surface area (Å²) in [5.74, 6) is 2.19. The van der Waals surface area contributed by atoms with Gasteiger partial charge in [0, 0.05) is 18.2 Å². The van der Waals surface area contributed by atoms with Crippen LogP contribution in [0.5, 0.6) is 11.5 Å². The van der Waals surface area contributed by atoms with E-state index in [1.54, 1.807) is 12.3 Å². The molecule has 1 aliphatic rings. The second-order valence-electron chi connectivity index (χ2n) is 4.72. The highest BCUT2D eigenvalue weighted by molar-refractivity contribution is 6.29. The Balaban J connectivity index is 2.11. The van der Waals surface area contributed by atoms with Crippen LogP contribution in [-0.4, -0.2) is 22.7 Å². The van der Waals surface area contributed by atoms with E-state index < -0.39 is 0 Å². The summed E-state index contributed by atoms with van der Waals surface area (Å²) < 4.78 is 11.5. The Morgan fingerprint density at radius 3 is 3.05 bits per heavy atom. The van der Waals surface area contributed by atoms with Crippen LogP contribution in [0, 0.1) is 0 Å². The van der Waals surface area contributed by atoms with Crippen LogP contribution in [0.3, 0.4) is 0 Å². The average Bonchev–Trinajstić information content (AvgIpc) is 2.77. The third-order valence-electron chi connectivity index (χ3n) is 3.16. The molecule has 1 atom stereocenters. The highest BCUT2D eigenvalue weighted by atomic mass is 35.5. The van der Waals surface area contributed by atoms with E-state index in [1.165, 1.54) is 0 Å². The Hall–Kier alpha value is -1.81. The van der Waals surface area contributed by atoms with E-state index >= 15 is 0 Å². The molecule has 1 aromatic carbocycles. The van der Waals surface area contributed by atoms with Crippen LogP contribution in [0.1, 0.15) is 19.4 Å². The van der Waals surface area contributed by atoms with Gasteiger partial charge in [0.1, 0.15) is 22.8 Å². The summed E-state index contributed by atoms with van der Waals surface area (Å²) in [5, 5.41) is 0.409. The van der Waals surface area contributed by atoms with Gasteiger partial charge in [0.15, 0.2) is 5.82 Å². The fourth-order valence-electron chi connectivity index (χ4n) is 2.36. The lowest BCUT2D eigenvalue weighted by atomic mass is 10.1. The molecule has 1 aliphatic heterocycles. The number of aromatic nitrogens is 2. The van der Waals surface area contributed by atoms with Gasteiger partial charge >= 0.3 is 0 Å². The predicted molar refractivity (Wildman–Crippen MR) is 77.4 cm³/mol. The largest absolute Gasteiger partial charge is 0.493 e. The number of fused-ring (bicyclic) bond motifs is 1. The first-order chi connectivity index (χ1) is 9.67. The Bertz CT molecular complexity index is 646. The second kappa shape index (κ2) is 5.29. The number of halogens is 1. The maximum Gasteiger partial charge on any atom is 0.164 e. The summed E-state index contributed by atoms with van der Waals surface area (Å²) in [4.78, 5) is 8.52. The van der Waals surface area contributed by atoms with Crippen LogP contribution in [0.2, 0.25) is 5.15 Å². The molecule has 5 heteroatoms. The molecule has 20 heavy (non-hydrogen) atoms. The lowest BCUT2D eigenvalue weighted by Crippen LogP contribution is -2.05. The van der Waals surface area contributed by atoms with Crippen LogP contribution in [0.15, 0.2) is 24.4 Å². The van der Waals surface area contributed by atoms with Crippen molar-refractivity contribution in [1.82, 2.24) is 9.97 Å². The summed E-state index contributed by atoms with van der Waals surface area (Å²) in [7, 11) is 0. The fraction of sp³-hybridized carbons (Fsp3) is 0.333. The number of rotatable bonds is 3. The smallest absolute Gasteiger partial charge is 0.164 e. The number of hydrogen-bond acceptors (Lipinski definition) is 4. The quantitative estimate of drug-likeness (QED) is 0.811. The normalized spacial score (nSPS) is 16.6. The maximum atomic E-state index is 5.94. The zero-order valence-electron chi connectivity index (χ0n) is 11.4.